The summed E-state index contributed by atoms with van der Waals surface area (Å²) in [7, 11) is -2.50. The van der Waals surface area contributed by atoms with Crippen LogP contribution < -0.4 is 4.72 Å². The van der Waals surface area contributed by atoms with Gasteiger partial charge >= 0.3 is 5.97 Å². The third-order valence-corrected chi connectivity index (χ3v) is 9.16. The molecule has 0 unspecified atom stereocenters. The van der Waals surface area contributed by atoms with Crippen molar-refractivity contribution in [2.45, 2.75) is 109 Å². The molecule has 6 nitrogen and oxygen atoms in total. The van der Waals surface area contributed by atoms with Crippen molar-refractivity contribution in [2.75, 3.05) is 13.7 Å². The highest BCUT2D eigenvalue weighted by Crippen LogP contribution is 2.37. The molecule has 3 rings (SSSR count). The van der Waals surface area contributed by atoms with Crippen LogP contribution in [0, 0.1) is 12.8 Å². The van der Waals surface area contributed by atoms with E-state index in [0.29, 0.717) is 5.92 Å². The first-order chi connectivity index (χ1) is 17.1. The normalized spacial score (nSPS) is 15.7. The molecular formula is C30H46N2O4S. The summed E-state index contributed by atoms with van der Waals surface area (Å²) in [5, 5.41) is 0. The summed E-state index contributed by atoms with van der Waals surface area (Å²) >= 11 is 0. The minimum atomic E-state index is -3.80. The zero-order chi connectivity index (χ0) is 27.6. The monoisotopic (exact) mass is 530 g/mol. The molecular weight excluding hydrogens is 484 g/mol. The topological polar surface area (TPSA) is 77.4 Å². The molecule has 1 saturated carbocycles. The number of hydrogen-bond acceptors (Lipinski definition) is 4. The predicted octanol–water partition coefficient (Wildman–Crippen LogP) is 6.48. The van der Waals surface area contributed by atoms with Gasteiger partial charge in [-0.1, -0.05) is 66.9 Å². The fourth-order valence-electron chi connectivity index (χ4n) is 5.10. The number of carbonyl (C=O) groups excluding carboxylic acids is 1. The molecule has 1 aromatic carbocycles. The van der Waals surface area contributed by atoms with Crippen LogP contribution >= 0.6 is 0 Å². The van der Waals surface area contributed by atoms with E-state index < -0.39 is 16.0 Å². The zero-order valence-electron chi connectivity index (χ0n) is 24.0. The quantitative estimate of drug-likeness (QED) is 0.396. The summed E-state index contributed by atoms with van der Waals surface area (Å²) in [5.41, 5.74) is 5.11. The molecule has 2 aromatic rings. The van der Waals surface area contributed by atoms with Gasteiger partial charge in [0.05, 0.1) is 13.5 Å². The van der Waals surface area contributed by atoms with E-state index in [0.717, 1.165) is 23.5 Å². The van der Waals surface area contributed by atoms with Crippen molar-refractivity contribution in [2.24, 2.45) is 5.92 Å². The van der Waals surface area contributed by atoms with E-state index in [1.54, 1.807) is 0 Å². The second kappa shape index (κ2) is 11.3. The van der Waals surface area contributed by atoms with E-state index in [1.807, 2.05) is 13.0 Å². The van der Waals surface area contributed by atoms with Crippen LogP contribution in [0.2, 0.25) is 0 Å². The van der Waals surface area contributed by atoms with Gasteiger partial charge in [-0.3, -0.25) is 4.79 Å². The van der Waals surface area contributed by atoms with Gasteiger partial charge in [-0.15, -0.1) is 0 Å². The third kappa shape index (κ3) is 7.26. The summed E-state index contributed by atoms with van der Waals surface area (Å²) in [4.78, 5) is 11.8. The summed E-state index contributed by atoms with van der Waals surface area (Å²) < 4.78 is 36.3. The zero-order valence-corrected chi connectivity index (χ0v) is 24.8. The maximum atomic E-state index is 13.4. The van der Waals surface area contributed by atoms with E-state index in [9.17, 15) is 13.2 Å². The molecule has 1 heterocycles. The molecule has 206 valence electrons. The standard InChI is InChI=1S/C30H46N2O4S/c1-21-27(37(34,35)31-15-14-28(33)36-8)19-26(32(21)20-22-12-10-9-11-13-22)23-16-24(29(2,3)4)18-25(17-23)30(5,6)7/h16-19,22,31H,9-15,20H2,1-8H3. The Balaban J connectivity index is 2.15. The Bertz CT molecular complexity index is 1180. The predicted molar refractivity (Wildman–Crippen MR) is 150 cm³/mol. The van der Waals surface area contributed by atoms with Gasteiger partial charge in [-0.25, -0.2) is 13.1 Å². The van der Waals surface area contributed by atoms with Gasteiger partial charge in [-0.05, 0) is 71.4 Å². The lowest BCUT2D eigenvalue weighted by Crippen LogP contribution is -2.27. The van der Waals surface area contributed by atoms with E-state index in [1.165, 1.54) is 50.3 Å². The number of carbonyl (C=O) groups is 1. The van der Waals surface area contributed by atoms with E-state index in [-0.39, 0.29) is 28.7 Å². The van der Waals surface area contributed by atoms with Crippen molar-refractivity contribution in [3.63, 3.8) is 0 Å². The van der Waals surface area contributed by atoms with Crippen LogP contribution in [-0.4, -0.2) is 32.6 Å². The van der Waals surface area contributed by atoms with E-state index >= 15 is 0 Å². The molecule has 0 spiro atoms. The maximum Gasteiger partial charge on any atom is 0.306 e. The van der Waals surface area contributed by atoms with Gasteiger partial charge in [0.15, 0.2) is 0 Å². The van der Waals surface area contributed by atoms with Crippen LogP contribution in [0.25, 0.3) is 11.3 Å². The largest absolute Gasteiger partial charge is 0.469 e. The lowest BCUT2D eigenvalue weighted by atomic mass is 9.79. The summed E-state index contributed by atoms with van der Waals surface area (Å²) in [6, 6.07) is 8.56. The summed E-state index contributed by atoms with van der Waals surface area (Å²) in [6.07, 6.45) is 6.08. The first-order valence-electron chi connectivity index (χ1n) is 13.6. The Morgan fingerprint density at radius 1 is 0.973 bits per heavy atom. The molecule has 0 aliphatic heterocycles. The Labute approximate surface area is 224 Å². The van der Waals surface area contributed by atoms with Crippen LogP contribution in [0.4, 0.5) is 0 Å². The van der Waals surface area contributed by atoms with Crippen molar-refractivity contribution in [1.82, 2.24) is 9.29 Å². The van der Waals surface area contributed by atoms with Gasteiger partial charge < -0.3 is 9.30 Å². The van der Waals surface area contributed by atoms with Crippen LogP contribution in [0.3, 0.4) is 0 Å². The summed E-state index contributed by atoms with van der Waals surface area (Å²) in [6.45, 7) is 16.0. The molecule has 1 aromatic heterocycles. The highest BCUT2D eigenvalue weighted by Gasteiger charge is 2.27. The Morgan fingerprint density at radius 2 is 1.54 bits per heavy atom. The minimum absolute atomic E-state index is 0.00522. The molecule has 1 fully saturated rings. The first kappa shape index (κ1) is 29.4. The van der Waals surface area contributed by atoms with Crippen molar-refractivity contribution in [3.8, 4) is 11.3 Å². The SMILES string of the molecule is COC(=O)CCNS(=O)(=O)c1cc(-c2cc(C(C)(C)C)cc(C(C)(C)C)c2)n(CC2CCCCC2)c1C. The van der Waals surface area contributed by atoms with Gasteiger partial charge in [0.1, 0.15) is 4.90 Å². The molecule has 0 atom stereocenters. The van der Waals surface area contributed by atoms with E-state index in [4.69, 9.17) is 0 Å². The lowest BCUT2D eigenvalue weighted by molar-refractivity contribution is -0.140. The molecule has 1 aliphatic rings. The lowest BCUT2D eigenvalue weighted by Gasteiger charge is -2.27. The fraction of sp³-hybridized carbons (Fsp3) is 0.633. The maximum absolute atomic E-state index is 13.4. The molecule has 37 heavy (non-hydrogen) atoms. The Hall–Kier alpha value is -2.12. The Kier molecular flexibility index (Phi) is 9.01. The first-order valence-corrected chi connectivity index (χ1v) is 15.0. The highest BCUT2D eigenvalue weighted by molar-refractivity contribution is 7.89. The molecule has 1 aliphatic carbocycles. The number of rotatable bonds is 8. The summed E-state index contributed by atoms with van der Waals surface area (Å²) in [5.74, 6) is 0.0954. The van der Waals surface area contributed by atoms with Crippen LogP contribution in [-0.2, 0) is 36.9 Å². The van der Waals surface area contributed by atoms with Crippen LogP contribution in [0.15, 0.2) is 29.2 Å². The van der Waals surface area contributed by atoms with Crippen molar-refractivity contribution in [3.05, 3.63) is 41.1 Å². The number of nitrogens with one attached hydrogen (secondary N) is 1. The number of methoxy groups -OCH3 is 1. The third-order valence-electron chi connectivity index (χ3n) is 7.58. The average Bonchev–Trinajstić information content (AvgIpc) is 3.15. The number of hydrogen-bond donors (Lipinski definition) is 1. The van der Waals surface area contributed by atoms with Crippen LogP contribution in [0.5, 0.6) is 0 Å². The van der Waals surface area contributed by atoms with E-state index in [2.05, 4.69) is 73.8 Å². The number of aromatic nitrogens is 1. The molecule has 0 amide bonds. The number of ether oxygens (including phenoxy) is 1. The molecule has 7 heteroatoms. The molecule has 0 saturated heterocycles. The average molecular weight is 531 g/mol. The number of nitrogens with zero attached hydrogens (tertiary/aromatic N) is 1. The van der Waals surface area contributed by atoms with Crippen molar-refractivity contribution < 1.29 is 17.9 Å². The van der Waals surface area contributed by atoms with Gasteiger partial charge in [0, 0.05) is 24.5 Å². The number of esters is 1. The van der Waals surface area contributed by atoms with Crippen molar-refractivity contribution in [1.29, 1.82) is 0 Å². The Morgan fingerprint density at radius 3 is 2.05 bits per heavy atom. The molecule has 1 N–H and O–H groups in total. The van der Waals surface area contributed by atoms with Crippen molar-refractivity contribution >= 4 is 16.0 Å². The smallest absolute Gasteiger partial charge is 0.306 e. The van der Waals surface area contributed by atoms with Gasteiger partial charge in [0.25, 0.3) is 0 Å². The fourth-order valence-corrected chi connectivity index (χ4v) is 6.40. The number of benzene rings is 1. The number of sulfonamides is 1. The van der Waals surface area contributed by atoms with Gasteiger partial charge in [-0.2, -0.15) is 0 Å². The second-order valence-electron chi connectivity index (χ2n) is 12.6. The minimum Gasteiger partial charge on any atom is -0.469 e. The molecule has 0 radical (unpaired) electrons. The van der Waals surface area contributed by atoms with Gasteiger partial charge in [0.2, 0.25) is 10.0 Å². The molecule has 0 bridgehead atoms. The highest BCUT2D eigenvalue weighted by atomic mass is 32.2. The van der Waals surface area contributed by atoms with Crippen LogP contribution in [0.1, 0.15) is 96.9 Å². The second-order valence-corrected chi connectivity index (χ2v) is 14.4.